The first-order valence-corrected chi connectivity index (χ1v) is 7.87. The van der Waals surface area contributed by atoms with Gasteiger partial charge in [0, 0.05) is 5.39 Å². The van der Waals surface area contributed by atoms with Crippen molar-refractivity contribution in [1.82, 2.24) is 9.97 Å². The minimum absolute atomic E-state index is 0.00487. The molecule has 1 aromatic heterocycles. The highest BCUT2D eigenvalue weighted by atomic mass is 19.1. The van der Waals surface area contributed by atoms with Crippen molar-refractivity contribution in [2.24, 2.45) is 0 Å². The summed E-state index contributed by atoms with van der Waals surface area (Å²) in [6.45, 7) is 1.99. The van der Waals surface area contributed by atoms with Gasteiger partial charge in [0.25, 0.3) is 0 Å². The van der Waals surface area contributed by atoms with Crippen LogP contribution in [0.15, 0.2) is 48.5 Å². The zero-order chi connectivity index (χ0) is 16.9. The van der Waals surface area contributed by atoms with E-state index < -0.39 is 0 Å². The summed E-state index contributed by atoms with van der Waals surface area (Å²) in [6, 6.07) is 13.8. The van der Waals surface area contributed by atoms with Crippen LogP contribution in [0, 0.1) is 5.82 Å². The van der Waals surface area contributed by atoms with E-state index in [4.69, 9.17) is 0 Å². The van der Waals surface area contributed by atoms with E-state index in [0.29, 0.717) is 17.5 Å². The van der Waals surface area contributed by atoms with E-state index in [2.05, 4.69) is 20.6 Å². The Labute approximate surface area is 139 Å². The van der Waals surface area contributed by atoms with E-state index in [1.807, 2.05) is 31.2 Å². The van der Waals surface area contributed by atoms with Gasteiger partial charge in [-0.15, -0.1) is 0 Å². The van der Waals surface area contributed by atoms with Gasteiger partial charge in [-0.2, -0.15) is 4.98 Å². The summed E-state index contributed by atoms with van der Waals surface area (Å²) in [7, 11) is 0. The van der Waals surface area contributed by atoms with Gasteiger partial charge in [0.1, 0.15) is 11.6 Å². The molecule has 0 aliphatic heterocycles. The minimum atomic E-state index is -0.370. The van der Waals surface area contributed by atoms with Gasteiger partial charge in [0.2, 0.25) is 5.95 Å². The van der Waals surface area contributed by atoms with Crippen LogP contribution < -0.4 is 10.6 Å². The third-order valence-electron chi connectivity index (χ3n) is 3.78. The summed E-state index contributed by atoms with van der Waals surface area (Å²) < 4.78 is 13.8. The van der Waals surface area contributed by atoms with Crippen LogP contribution in [0.25, 0.3) is 10.9 Å². The van der Waals surface area contributed by atoms with Gasteiger partial charge in [-0.3, -0.25) is 0 Å². The number of rotatable bonds is 6. The second-order valence-corrected chi connectivity index (χ2v) is 5.45. The second kappa shape index (κ2) is 7.23. The zero-order valence-electron chi connectivity index (χ0n) is 13.3. The molecule has 0 aliphatic carbocycles. The van der Waals surface area contributed by atoms with E-state index in [1.165, 1.54) is 6.07 Å². The Balaban J connectivity index is 2.01. The highest BCUT2D eigenvalue weighted by Gasteiger charge is 2.12. The number of nitrogens with zero attached hydrogens (tertiary/aromatic N) is 2. The summed E-state index contributed by atoms with van der Waals surface area (Å²) in [5.41, 5.74) is 1.05. The number of hydrogen-bond donors (Lipinski definition) is 3. The maximum atomic E-state index is 13.8. The lowest BCUT2D eigenvalue weighted by Gasteiger charge is -2.17. The first kappa shape index (κ1) is 16.1. The molecule has 0 saturated heterocycles. The average Bonchev–Trinajstić information content (AvgIpc) is 2.61. The Morgan fingerprint density at radius 2 is 1.83 bits per heavy atom. The van der Waals surface area contributed by atoms with Crippen LogP contribution in [0.3, 0.4) is 0 Å². The Morgan fingerprint density at radius 3 is 2.58 bits per heavy atom. The molecule has 1 heterocycles. The molecule has 0 fully saturated rings. The SMILES string of the molecule is CCC(CO)Nc1nc(Nc2ccccc2F)nc2ccccc12. The van der Waals surface area contributed by atoms with Crippen molar-refractivity contribution in [3.8, 4) is 0 Å². The predicted octanol–water partition coefficient (Wildman–Crippen LogP) is 3.70. The molecule has 0 radical (unpaired) electrons. The molecular formula is C18H19FN4O. The molecule has 3 rings (SSSR count). The number of benzene rings is 2. The minimum Gasteiger partial charge on any atom is -0.394 e. The second-order valence-electron chi connectivity index (χ2n) is 5.45. The molecular weight excluding hydrogens is 307 g/mol. The van der Waals surface area contributed by atoms with Crippen molar-refractivity contribution in [2.45, 2.75) is 19.4 Å². The number of nitrogens with one attached hydrogen (secondary N) is 2. The zero-order valence-corrected chi connectivity index (χ0v) is 13.3. The van der Waals surface area contributed by atoms with Crippen LogP contribution in [0.5, 0.6) is 0 Å². The lowest BCUT2D eigenvalue weighted by atomic mass is 10.2. The van der Waals surface area contributed by atoms with Gasteiger partial charge in [-0.1, -0.05) is 31.2 Å². The van der Waals surface area contributed by atoms with Gasteiger partial charge in [0.05, 0.1) is 23.9 Å². The molecule has 5 nitrogen and oxygen atoms in total. The molecule has 1 unspecified atom stereocenters. The van der Waals surface area contributed by atoms with Gasteiger partial charge in [0.15, 0.2) is 0 Å². The number of para-hydroxylation sites is 2. The highest BCUT2D eigenvalue weighted by Crippen LogP contribution is 2.25. The number of fused-ring (bicyclic) bond motifs is 1. The smallest absolute Gasteiger partial charge is 0.229 e. The molecule has 24 heavy (non-hydrogen) atoms. The third kappa shape index (κ3) is 3.44. The van der Waals surface area contributed by atoms with Crippen LogP contribution in [0.1, 0.15) is 13.3 Å². The maximum Gasteiger partial charge on any atom is 0.229 e. The van der Waals surface area contributed by atoms with Crippen molar-refractivity contribution in [3.05, 3.63) is 54.3 Å². The van der Waals surface area contributed by atoms with E-state index in [9.17, 15) is 9.50 Å². The Bertz CT molecular complexity index is 836. The molecule has 6 heteroatoms. The third-order valence-corrected chi connectivity index (χ3v) is 3.78. The number of aliphatic hydroxyl groups is 1. The average molecular weight is 326 g/mol. The molecule has 0 bridgehead atoms. The van der Waals surface area contributed by atoms with Gasteiger partial charge in [-0.05, 0) is 30.7 Å². The lowest BCUT2D eigenvalue weighted by molar-refractivity contribution is 0.271. The van der Waals surface area contributed by atoms with Crippen LogP contribution in [0.2, 0.25) is 0 Å². The van der Waals surface area contributed by atoms with Gasteiger partial charge < -0.3 is 15.7 Å². The molecule has 124 valence electrons. The molecule has 3 N–H and O–H groups in total. The molecule has 0 aliphatic rings. The quantitative estimate of drug-likeness (QED) is 0.644. The normalized spacial score (nSPS) is 12.1. The van der Waals surface area contributed by atoms with Crippen LogP contribution in [0.4, 0.5) is 21.8 Å². The van der Waals surface area contributed by atoms with Crippen LogP contribution in [-0.4, -0.2) is 27.7 Å². The van der Waals surface area contributed by atoms with Crippen LogP contribution >= 0.6 is 0 Å². The van der Waals surface area contributed by atoms with Crippen LogP contribution in [-0.2, 0) is 0 Å². The molecule has 0 saturated carbocycles. The molecule has 3 aromatic rings. The maximum absolute atomic E-state index is 13.8. The largest absolute Gasteiger partial charge is 0.394 e. The monoisotopic (exact) mass is 326 g/mol. The number of anilines is 3. The number of hydrogen-bond acceptors (Lipinski definition) is 5. The van der Waals surface area contributed by atoms with Gasteiger partial charge in [-0.25, -0.2) is 9.37 Å². The van der Waals surface area contributed by atoms with Gasteiger partial charge >= 0.3 is 0 Å². The number of aromatic nitrogens is 2. The molecule has 0 amide bonds. The summed E-state index contributed by atoms with van der Waals surface area (Å²) in [5.74, 6) is 0.542. The molecule has 2 aromatic carbocycles. The fraction of sp³-hybridized carbons (Fsp3) is 0.222. The number of aliphatic hydroxyl groups excluding tert-OH is 1. The Morgan fingerprint density at radius 1 is 1.08 bits per heavy atom. The van der Waals surface area contributed by atoms with Crippen molar-refractivity contribution in [1.29, 1.82) is 0 Å². The van der Waals surface area contributed by atoms with E-state index in [1.54, 1.807) is 18.2 Å². The fourth-order valence-corrected chi connectivity index (χ4v) is 2.40. The topological polar surface area (TPSA) is 70.1 Å². The number of halogens is 1. The summed E-state index contributed by atoms with van der Waals surface area (Å²) in [6.07, 6.45) is 0.755. The summed E-state index contributed by atoms with van der Waals surface area (Å²) >= 11 is 0. The molecule has 1 atom stereocenters. The first-order chi connectivity index (χ1) is 11.7. The Hall–Kier alpha value is -2.73. The summed E-state index contributed by atoms with van der Waals surface area (Å²) in [4.78, 5) is 8.90. The fourth-order valence-electron chi connectivity index (χ4n) is 2.40. The van der Waals surface area contributed by atoms with Crippen molar-refractivity contribution in [3.63, 3.8) is 0 Å². The highest BCUT2D eigenvalue weighted by molar-refractivity contribution is 5.90. The lowest BCUT2D eigenvalue weighted by Crippen LogP contribution is -2.23. The van der Waals surface area contributed by atoms with Crippen molar-refractivity contribution in [2.75, 3.05) is 17.2 Å². The molecule has 0 spiro atoms. The standard InChI is InChI=1S/C18H19FN4O/c1-2-12(11-24)20-17-13-7-3-5-9-15(13)21-18(23-17)22-16-10-6-4-8-14(16)19/h3-10,12,24H,2,11H2,1H3,(H2,20,21,22,23). The predicted molar refractivity (Wildman–Crippen MR) is 94.0 cm³/mol. The van der Waals surface area contributed by atoms with E-state index >= 15 is 0 Å². The first-order valence-electron chi connectivity index (χ1n) is 7.87. The van der Waals surface area contributed by atoms with E-state index in [0.717, 1.165) is 17.3 Å². The summed E-state index contributed by atoms with van der Waals surface area (Å²) in [5, 5.41) is 16.4. The van der Waals surface area contributed by atoms with E-state index in [-0.39, 0.29) is 18.5 Å². The van der Waals surface area contributed by atoms with Crippen molar-refractivity contribution < 1.29 is 9.50 Å². The Kier molecular flexibility index (Phi) is 4.86. The van der Waals surface area contributed by atoms with Crippen molar-refractivity contribution >= 4 is 28.4 Å².